The van der Waals surface area contributed by atoms with Crippen LogP contribution in [0.5, 0.6) is 0 Å². The molecule has 0 bridgehead atoms. The fourth-order valence-corrected chi connectivity index (χ4v) is 2.23. The van der Waals surface area contributed by atoms with Gasteiger partial charge in [-0.3, -0.25) is 10.9 Å². The van der Waals surface area contributed by atoms with E-state index in [1.807, 2.05) is 27.7 Å². The molecule has 1 aromatic rings. The maximum absolute atomic E-state index is 11.7. The Morgan fingerprint density at radius 1 is 1.25 bits per heavy atom. The lowest BCUT2D eigenvalue weighted by molar-refractivity contribution is 0.236. The monoisotopic (exact) mass is 279 g/mol. The van der Waals surface area contributed by atoms with Gasteiger partial charge in [-0.25, -0.2) is 4.79 Å². The number of rotatable bonds is 6. The Labute approximate surface area is 120 Å². The molecule has 0 radical (unpaired) electrons. The molecule has 20 heavy (non-hydrogen) atoms. The van der Waals surface area contributed by atoms with Crippen molar-refractivity contribution in [3.63, 3.8) is 0 Å². The highest BCUT2D eigenvalue weighted by atomic mass is 16.3. The molecule has 0 fully saturated rings. The number of amides is 2. The predicted molar refractivity (Wildman–Crippen MR) is 81.7 cm³/mol. The Morgan fingerprint density at radius 2 is 1.85 bits per heavy atom. The highest BCUT2D eigenvalue weighted by molar-refractivity contribution is 5.76. The van der Waals surface area contributed by atoms with Crippen molar-refractivity contribution in [2.24, 2.45) is 0 Å². The second kappa shape index (κ2) is 7.75. The van der Waals surface area contributed by atoms with E-state index in [4.69, 9.17) is 5.11 Å². The van der Waals surface area contributed by atoms with Crippen molar-refractivity contribution in [2.75, 3.05) is 12.0 Å². The standard InChI is InChI=1S/C15H25N3O2/c1-10-8-11(2)14(12(3)9-10)17-18-15(20)16-13(4)6-5-7-19/h8-9,13,17,19H,5-7H2,1-4H3,(H2,16,18,20). The van der Waals surface area contributed by atoms with E-state index in [0.717, 1.165) is 23.2 Å². The van der Waals surface area contributed by atoms with Crippen molar-refractivity contribution in [1.82, 2.24) is 10.7 Å². The Balaban J connectivity index is 2.49. The summed E-state index contributed by atoms with van der Waals surface area (Å²) >= 11 is 0. The molecular weight excluding hydrogens is 254 g/mol. The number of hydrogen-bond acceptors (Lipinski definition) is 3. The number of urea groups is 1. The Hall–Kier alpha value is -1.75. The first-order valence-electron chi connectivity index (χ1n) is 6.95. The van der Waals surface area contributed by atoms with Crippen LogP contribution in [-0.4, -0.2) is 23.8 Å². The van der Waals surface area contributed by atoms with Crippen LogP contribution in [0.15, 0.2) is 12.1 Å². The van der Waals surface area contributed by atoms with E-state index in [-0.39, 0.29) is 18.7 Å². The number of carbonyl (C=O) groups is 1. The highest BCUT2D eigenvalue weighted by Crippen LogP contribution is 2.20. The van der Waals surface area contributed by atoms with Crippen LogP contribution < -0.4 is 16.2 Å². The van der Waals surface area contributed by atoms with Crippen molar-refractivity contribution in [2.45, 2.75) is 46.6 Å². The lowest BCUT2D eigenvalue weighted by Crippen LogP contribution is -2.43. The van der Waals surface area contributed by atoms with E-state index in [0.29, 0.717) is 6.42 Å². The third-order valence-corrected chi connectivity index (χ3v) is 3.15. The molecule has 0 aromatic heterocycles. The van der Waals surface area contributed by atoms with Crippen LogP contribution >= 0.6 is 0 Å². The van der Waals surface area contributed by atoms with Crippen LogP contribution in [0.4, 0.5) is 10.5 Å². The van der Waals surface area contributed by atoms with Crippen LogP contribution in [0.1, 0.15) is 36.5 Å². The maximum Gasteiger partial charge on any atom is 0.333 e. The molecule has 0 aliphatic rings. The van der Waals surface area contributed by atoms with Gasteiger partial charge in [0.25, 0.3) is 0 Å². The topological polar surface area (TPSA) is 73.4 Å². The van der Waals surface area contributed by atoms with Gasteiger partial charge in [-0.2, -0.15) is 0 Å². The zero-order valence-electron chi connectivity index (χ0n) is 12.7. The number of nitrogens with one attached hydrogen (secondary N) is 3. The van der Waals surface area contributed by atoms with E-state index >= 15 is 0 Å². The van der Waals surface area contributed by atoms with Gasteiger partial charge in [0.2, 0.25) is 0 Å². The largest absolute Gasteiger partial charge is 0.396 e. The number of hydrazine groups is 1. The number of carbonyl (C=O) groups excluding carboxylic acids is 1. The minimum atomic E-state index is -0.269. The summed E-state index contributed by atoms with van der Waals surface area (Å²) in [5, 5.41) is 11.6. The lowest BCUT2D eigenvalue weighted by Gasteiger charge is -2.17. The zero-order chi connectivity index (χ0) is 15.1. The lowest BCUT2D eigenvalue weighted by atomic mass is 10.1. The number of anilines is 1. The van der Waals surface area contributed by atoms with Crippen LogP contribution in [0.3, 0.4) is 0 Å². The molecule has 2 amide bonds. The van der Waals surface area contributed by atoms with Gasteiger partial charge < -0.3 is 10.4 Å². The maximum atomic E-state index is 11.7. The summed E-state index contributed by atoms with van der Waals surface area (Å²) in [5.41, 5.74) is 9.92. The summed E-state index contributed by atoms with van der Waals surface area (Å²) in [6, 6.07) is 3.90. The highest BCUT2D eigenvalue weighted by Gasteiger charge is 2.08. The second-order valence-electron chi connectivity index (χ2n) is 5.26. The summed E-state index contributed by atoms with van der Waals surface area (Å²) in [6.45, 7) is 8.12. The van der Waals surface area contributed by atoms with Gasteiger partial charge in [-0.15, -0.1) is 0 Å². The summed E-state index contributed by atoms with van der Waals surface area (Å²) in [4.78, 5) is 11.7. The third-order valence-electron chi connectivity index (χ3n) is 3.15. The van der Waals surface area contributed by atoms with Crippen LogP contribution in [0.25, 0.3) is 0 Å². The molecule has 0 aliphatic carbocycles. The van der Waals surface area contributed by atoms with E-state index in [1.54, 1.807) is 0 Å². The molecule has 0 saturated heterocycles. The number of aliphatic hydroxyl groups excluding tert-OH is 1. The van der Waals surface area contributed by atoms with Crippen molar-refractivity contribution < 1.29 is 9.90 Å². The first-order chi connectivity index (χ1) is 9.43. The normalized spacial score (nSPS) is 11.8. The average molecular weight is 279 g/mol. The minimum absolute atomic E-state index is 0.0316. The molecule has 4 N–H and O–H groups in total. The van der Waals surface area contributed by atoms with Crippen molar-refractivity contribution in [1.29, 1.82) is 0 Å². The number of benzene rings is 1. The molecule has 1 unspecified atom stereocenters. The molecule has 0 saturated carbocycles. The smallest absolute Gasteiger partial charge is 0.333 e. The van der Waals surface area contributed by atoms with E-state index in [1.165, 1.54) is 5.56 Å². The molecule has 1 aromatic carbocycles. The average Bonchev–Trinajstić information content (AvgIpc) is 2.34. The van der Waals surface area contributed by atoms with Crippen molar-refractivity contribution in [3.8, 4) is 0 Å². The first kappa shape index (κ1) is 16.3. The fourth-order valence-electron chi connectivity index (χ4n) is 2.23. The Bertz CT molecular complexity index is 437. The van der Waals surface area contributed by atoms with E-state index < -0.39 is 0 Å². The summed E-state index contributed by atoms with van der Waals surface area (Å²) < 4.78 is 0. The van der Waals surface area contributed by atoms with Gasteiger partial charge in [-0.05, 0) is 51.7 Å². The van der Waals surface area contributed by atoms with Crippen LogP contribution in [-0.2, 0) is 0 Å². The Morgan fingerprint density at radius 3 is 2.40 bits per heavy atom. The number of aryl methyl sites for hydroxylation is 3. The number of aliphatic hydroxyl groups is 1. The van der Waals surface area contributed by atoms with E-state index in [9.17, 15) is 4.79 Å². The van der Waals surface area contributed by atoms with Gasteiger partial charge in [0.15, 0.2) is 0 Å². The molecule has 5 nitrogen and oxygen atoms in total. The second-order valence-corrected chi connectivity index (χ2v) is 5.26. The molecule has 0 heterocycles. The first-order valence-corrected chi connectivity index (χ1v) is 6.95. The molecule has 0 spiro atoms. The SMILES string of the molecule is Cc1cc(C)c(NNC(=O)NC(C)CCCO)c(C)c1. The third kappa shape index (κ3) is 5.09. The zero-order valence-corrected chi connectivity index (χ0v) is 12.7. The van der Waals surface area contributed by atoms with E-state index in [2.05, 4.69) is 28.3 Å². The van der Waals surface area contributed by atoms with Crippen molar-refractivity contribution in [3.05, 3.63) is 28.8 Å². The molecule has 1 atom stereocenters. The molecule has 112 valence electrons. The van der Waals surface area contributed by atoms with Crippen LogP contribution in [0.2, 0.25) is 0 Å². The van der Waals surface area contributed by atoms with Crippen LogP contribution in [0, 0.1) is 20.8 Å². The molecule has 0 aliphatic heterocycles. The van der Waals surface area contributed by atoms with Gasteiger partial charge in [0, 0.05) is 12.6 Å². The molecular formula is C15H25N3O2. The van der Waals surface area contributed by atoms with Crippen molar-refractivity contribution >= 4 is 11.7 Å². The fraction of sp³-hybridized carbons (Fsp3) is 0.533. The van der Waals surface area contributed by atoms with Gasteiger partial charge in [0.05, 0.1) is 5.69 Å². The summed E-state index contributed by atoms with van der Waals surface area (Å²) in [6.07, 6.45) is 1.44. The van der Waals surface area contributed by atoms with Gasteiger partial charge in [0.1, 0.15) is 0 Å². The minimum Gasteiger partial charge on any atom is -0.396 e. The predicted octanol–water partition coefficient (Wildman–Crippen LogP) is 2.40. The molecule has 5 heteroatoms. The van der Waals surface area contributed by atoms with Gasteiger partial charge in [-0.1, -0.05) is 17.7 Å². The number of hydrogen-bond donors (Lipinski definition) is 4. The Kier molecular flexibility index (Phi) is 6.31. The van der Waals surface area contributed by atoms with Gasteiger partial charge >= 0.3 is 6.03 Å². The summed E-state index contributed by atoms with van der Waals surface area (Å²) in [5.74, 6) is 0. The summed E-state index contributed by atoms with van der Waals surface area (Å²) in [7, 11) is 0. The quantitative estimate of drug-likeness (QED) is 0.604. The molecule has 1 rings (SSSR count).